The van der Waals surface area contributed by atoms with Gasteiger partial charge in [-0.2, -0.15) is 5.10 Å². The van der Waals surface area contributed by atoms with Crippen molar-refractivity contribution in [3.63, 3.8) is 0 Å². The van der Waals surface area contributed by atoms with Crippen LogP contribution in [0.25, 0.3) is 0 Å². The summed E-state index contributed by atoms with van der Waals surface area (Å²) >= 11 is 0. The maximum atomic E-state index is 12.7. The maximum Gasteiger partial charge on any atom is 0.244 e. The first-order chi connectivity index (χ1) is 12.3. The monoisotopic (exact) mass is 340 g/mol. The molecule has 1 saturated heterocycles. The predicted molar refractivity (Wildman–Crippen MR) is 93.9 cm³/mol. The molecule has 1 fully saturated rings. The van der Waals surface area contributed by atoms with Crippen molar-refractivity contribution in [3.05, 3.63) is 53.3 Å². The number of nitrogens with one attached hydrogen (secondary N) is 2. The van der Waals surface area contributed by atoms with E-state index in [4.69, 9.17) is 4.74 Å². The third kappa shape index (κ3) is 3.60. The Balaban J connectivity index is 1.23. The molecule has 2 aliphatic heterocycles. The minimum Gasteiger partial charge on any atom is -0.378 e. The molecule has 132 valence electrons. The number of hydrogen-bond donors (Lipinski definition) is 2. The highest BCUT2D eigenvalue weighted by atomic mass is 16.5. The lowest BCUT2D eigenvalue weighted by Crippen LogP contribution is -2.44. The fraction of sp³-hybridized carbons (Fsp3) is 0.474. The van der Waals surface area contributed by atoms with E-state index in [1.807, 2.05) is 11.0 Å². The molecule has 4 rings (SSSR count). The van der Waals surface area contributed by atoms with E-state index in [-0.39, 0.29) is 18.1 Å². The third-order valence-corrected chi connectivity index (χ3v) is 5.13. The summed E-state index contributed by atoms with van der Waals surface area (Å²) in [4.78, 5) is 14.7. The number of carbonyl (C=O) groups is 1. The van der Waals surface area contributed by atoms with E-state index < -0.39 is 0 Å². The third-order valence-electron chi connectivity index (χ3n) is 5.13. The molecule has 0 radical (unpaired) electrons. The summed E-state index contributed by atoms with van der Waals surface area (Å²) in [6.07, 6.45) is 4.78. The summed E-state index contributed by atoms with van der Waals surface area (Å²) in [7, 11) is 0. The molecule has 6 heteroatoms. The van der Waals surface area contributed by atoms with Crippen molar-refractivity contribution in [2.45, 2.75) is 38.0 Å². The van der Waals surface area contributed by atoms with Gasteiger partial charge in [0.15, 0.2) is 0 Å². The van der Waals surface area contributed by atoms with Gasteiger partial charge in [-0.3, -0.25) is 15.2 Å². The largest absolute Gasteiger partial charge is 0.378 e. The van der Waals surface area contributed by atoms with Gasteiger partial charge in [-0.1, -0.05) is 30.3 Å². The van der Waals surface area contributed by atoms with Crippen molar-refractivity contribution < 1.29 is 9.53 Å². The summed E-state index contributed by atoms with van der Waals surface area (Å²) in [5.41, 5.74) is 3.32. The molecule has 6 nitrogen and oxygen atoms in total. The molecule has 0 bridgehead atoms. The van der Waals surface area contributed by atoms with Gasteiger partial charge in [0.1, 0.15) is 6.04 Å². The number of nitrogens with zero attached hydrogens (tertiary/aromatic N) is 2. The number of rotatable bonds is 5. The molecule has 1 aromatic carbocycles. The average Bonchev–Trinajstić information content (AvgIpc) is 3.26. The molecule has 1 aromatic heterocycles. The molecule has 0 aliphatic carbocycles. The van der Waals surface area contributed by atoms with E-state index in [1.54, 1.807) is 6.20 Å². The Kier molecular flexibility index (Phi) is 4.81. The zero-order valence-electron chi connectivity index (χ0n) is 14.3. The molecule has 1 atom stereocenters. The summed E-state index contributed by atoms with van der Waals surface area (Å²) < 4.78 is 6.02. The molecule has 2 aromatic rings. The van der Waals surface area contributed by atoms with Crippen LogP contribution < -0.4 is 5.32 Å². The van der Waals surface area contributed by atoms with Crippen LogP contribution >= 0.6 is 0 Å². The highest BCUT2D eigenvalue weighted by Crippen LogP contribution is 2.26. The predicted octanol–water partition coefficient (Wildman–Crippen LogP) is 1.80. The molecule has 3 heterocycles. The topological polar surface area (TPSA) is 70.2 Å². The number of amides is 1. The highest BCUT2D eigenvalue weighted by Gasteiger charge is 2.34. The van der Waals surface area contributed by atoms with Gasteiger partial charge < -0.3 is 9.64 Å². The zero-order valence-corrected chi connectivity index (χ0v) is 14.3. The second kappa shape index (κ2) is 7.37. The second-order valence-electron chi connectivity index (χ2n) is 6.75. The number of H-pyrrole nitrogens is 1. The number of aromatic amines is 1. The number of carbonyl (C=O) groups excluding carboxylic acids is 1. The lowest BCUT2D eigenvalue weighted by Gasteiger charge is -2.33. The van der Waals surface area contributed by atoms with E-state index >= 15 is 0 Å². The Labute approximate surface area is 147 Å². The smallest absolute Gasteiger partial charge is 0.244 e. The number of hydrogen-bond acceptors (Lipinski definition) is 4. The number of ether oxygens (including phenoxy) is 1. The van der Waals surface area contributed by atoms with Crippen molar-refractivity contribution >= 4 is 5.91 Å². The first kappa shape index (κ1) is 16.3. The van der Waals surface area contributed by atoms with E-state index in [0.717, 1.165) is 50.2 Å². The van der Waals surface area contributed by atoms with Crippen LogP contribution in [0.15, 0.2) is 36.5 Å². The van der Waals surface area contributed by atoms with E-state index in [9.17, 15) is 4.79 Å². The lowest BCUT2D eigenvalue weighted by molar-refractivity contribution is -0.136. The van der Waals surface area contributed by atoms with E-state index in [0.29, 0.717) is 6.54 Å². The van der Waals surface area contributed by atoms with Crippen LogP contribution in [-0.2, 0) is 22.5 Å². The van der Waals surface area contributed by atoms with Gasteiger partial charge in [-0.15, -0.1) is 0 Å². The average molecular weight is 340 g/mol. The van der Waals surface area contributed by atoms with Gasteiger partial charge >= 0.3 is 0 Å². The highest BCUT2D eigenvalue weighted by molar-refractivity contribution is 5.84. The number of benzene rings is 1. The quantitative estimate of drug-likeness (QED) is 0.871. The van der Waals surface area contributed by atoms with Gasteiger partial charge in [-0.25, -0.2) is 0 Å². The molecule has 2 N–H and O–H groups in total. The van der Waals surface area contributed by atoms with Gasteiger partial charge in [0.2, 0.25) is 5.91 Å². The molecule has 1 unspecified atom stereocenters. The Morgan fingerprint density at radius 2 is 2.04 bits per heavy atom. The number of likely N-dealkylation sites (tertiary alicyclic amines) is 1. The first-order valence-corrected chi connectivity index (χ1v) is 9.01. The van der Waals surface area contributed by atoms with Crippen LogP contribution in [0.1, 0.15) is 35.7 Å². The molecule has 0 spiro atoms. The van der Waals surface area contributed by atoms with Crippen LogP contribution in [0.2, 0.25) is 0 Å². The van der Waals surface area contributed by atoms with Crippen LogP contribution in [0.5, 0.6) is 0 Å². The number of piperidine rings is 1. The summed E-state index contributed by atoms with van der Waals surface area (Å²) in [5, 5.41) is 10.3. The molecule has 0 saturated carbocycles. The fourth-order valence-electron chi connectivity index (χ4n) is 3.66. The van der Waals surface area contributed by atoms with Crippen LogP contribution in [0, 0.1) is 0 Å². The second-order valence-corrected chi connectivity index (χ2v) is 6.75. The lowest BCUT2D eigenvalue weighted by atomic mass is 10.0. The van der Waals surface area contributed by atoms with Gasteiger partial charge in [-0.05, 0) is 24.8 Å². The summed E-state index contributed by atoms with van der Waals surface area (Å²) in [6.45, 7) is 2.95. The fourth-order valence-corrected chi connectivity index (χ4v) is 3.66. The normalized spacial score (nSPS) is 20.6. The summed E-state index contributed by atoms with van der Waals surface area (Å²) in [5.74, 6) is 0.155. The Morgan fingerprint density at radius 3 is 2.84 bits per heavy atom. The maximum absolute atomic E-state index is 12.7. The van der Waals surface area contributed by atoms with Gasteiger partial charge in [0.25, 0.3) is 0 Å². The van der Waals surface area contributed by atoms with E-state index in [2.05, 4.69) is 39.8 Å². The Hall–Kier alpha value is -2.18. The molecule has 1 amide bonds. The van der Waals surface area contributed by atoms with Crippen molar-refractivity contribution in [2.75, 3.05) is 19.7 Å². The van der Waals surface area contributed by atoms with Crippen LogP contribution in [0.3, 0.4) is 0 Å². The standard InChI is InChI=1S/C19H24N4O2/c24-19(18-16-12-21-22-17(16)13-20-18)23-9-6-15(7-10-23)25-11-8-14-4-2-1-3-5-14/h1-5,12,15,18,20H,6-11,13H2,(H,21,22). The summed E-state index contributed by atoms with van der Waals surface area (Å²) in [6, 6.07) is 10.2. The minimum absolute atomic E-state index is 0.155. The van der Waals surface area contributed by atoms with Crippen LogP contribution in [-0.4, -0.2) is 46.8 Å². The van der Waals surface area contributed by atoms with E-state index in [1.165, 1.54) is 5.56 Å². The van der Waals surface area contributed by atoms with Crippen LogP contribution in [0.4, 0.5) is 0 Å². The van der Waals surface area contributed by atoms with Gasteiger partial charge in [0.05, 0.1) is 24.6 Å². The molecule has 25 heavy (non-hydrogen) atoms. The SMILES string of the molecule is O=C(C1NCc2[nH]ncc21)N1CCC(OCCc2ccccc2)CC1. The van der Waals surface area contributed by atoms with Gasteiger partial charge in [0, 0.05) is 25.2 Å². The Morgan fingerprint density at radius 1 is 1.24 bits per heavy atom. The van der Waals surface area contributed by atoms with Crippen molar-refractivity contribution in [1.82, 2.24) is 20.4 Å². The Bertz CT molecular complexity index is 707. The molecular formula is C19H24N4O2. The van der Waals surface area contributed by atoms with Crippen molar-refractivity contribution in [1.29, 1.82) is 0 Å². The molecule has 2 aliphatic rings. The molecular weight excluding hydrogens is 316 g/mol. The van der Waals surface area contributed by atoms with Crippen molar-refractivity contribution in [3.8, 4) is 0 Å². The van der Waals surface area contributed by atoms with Crippen molar-refractivity contribution in [2.24, 2.45) is 0 Å². The zero-order chi connectivity index (χ0) is 17.1. The number of aromatic nitrogens is 2. The first-order valence-electron chi connectivity index (χ1n) is 9.01. The minimum atomic E-state index is -0.246. The number of fused-ring (bicyclic) bond motifs is 1.